The Morgan fingerprint density at radius 3 is 2.39 bits per heavy atom. The first-order chi connectivity index (χ1) is 11.1. The van der Waals surface area contributed by atoms with E-state index in [4.69, 9.17) is 0 Å². The molecule has 1 saturated carbocycles. The van der Waals surface area contributed by atoms with Crippen LogP contribution in [0.1, 0.15) is 32.1 Å². The van der Waals surface area contributed by atoms with Crippen molar-refractivity contribution in [1.29, 1.82) is 0 Å². The molecular formula is C17H23N3O3. The van der Waals surface area contributed by atoms with E-state index in [-0.39, 0.29) is 30.3 Å². The van der Waals surface area contributed by atoms with Gasteiger partial charge in [-0.2, -0.15) is 0 Å². The Labute approximate surface area is 135 Å². The highest BCUT2D eigenvalue weighted by Crippen LogP contribution is 2.24. The second-order valence-corrected chi connectivity index (χ2v) is 6.40. The van der Waals surface area contributed by atoms with Crippen LogP contribution in [0, 0.1) is 0 Å². The maximum Gasteiger partial charge on any atom is 0.243 e. The molecule has 0 bridgehead atoms. The third-order valence-corrected chi connectivity index (χ3v) is 4.80. The fourth-order valence-electron chi connectivity index (χ4n) is 3.48. The van der Waals surface area contributed by atoms with Crippen LogP contribution in [-0.2, 0) is 16.1 Å². The van der Waals surface area contributed by atoms with E-state index in [0.717, 1.165) is 12.8 Å². The zero-order chi connectivity index (χ0) is 16.2. The Balaban J connectivity index is 1.56. The maximum absolute atomic E-state index is 12.4. The molecule has 0 atom stereocenters. The molecule has 1 aromatic heterocycles. The van der Waals surface area contributed by atoms with Crippen LogP contribution >= 0.6 is 0 Å². The number of piperazine rings is 1. The van der Waals surface area contributed by atoms with Gasteiger partial charge in [-0.05, 0) is 12.8 Å². The lowest BCUT2D eigenvalue weighted by molar-refractivity contribution is -0.148. The van der Waals surface area contributed by atoms with E-state index in [1.807, 2.05) is 4.90 Å². The molecule has 2 aliphatic rings. The Kier molecular flexibility index (Phi) is 4.79. The summed E-state index contributed by atoms with van der Waals surface area (Å²) >= 11 is 0. The van der Waals surface area contributed by atoms with Gasteiger partial charge in [-0.15, -0.1) is 0 Å². The van der Waals surface area contributed by atoms with Gasteiger partial charge in [-0.1, -0.05) is 19.3 Å². The minimum absolute atomic E-state index is 0.0661. The van der Waals surface area contributed by atoms with Crippen LogP contribution in [-0.4, -0.2) is 51.9 Å². The first-order valence-corrected chi connectivity index (χ1v) is 8.37. The molecule has 1 saturated heterocycles. The van der Waals surface area contributed by atoms with Crippen LogP contribution in [0.25, 0.3) is 0 Å². The number of rotatable bonds is 3. The number of hydrogen-bond acceptors (Lipinski definition) is 3. The van der Waals surface area contributed by atoms with Crippen LogP contribution in [0.5, 0.6) is 0 Å². The molecule has 2 fully saturated rings. The number of nitrogens with zero attached hydrogens (tertiary/aromatic N) is 3. The summed E-state index contributed by atoms with van der Waals surface area (Å²) in [5.74, 6) is -0.0123. The predicted octanol–water partition coefficient (Wildman–Crippen LogP) is 0.852. The fraction of sp³-hybridized carbons (Fsp3) is 0.588. The van der Waals surface area contributed by atoms with Gasteiger partial charge < -0.3 is 14.4 Å². The predicted molar refractivity (Wildman–Crippen MR) is 85.9 cm³/mol. The molecule has 1 aromatic rings. The van der Waals surface area contributed by atoms with Crippen LogP contribution in [0.15, 0.2) is 29.3 Å². The average Bonchev–Trinajstić information content (AvgIpc) is 2.57. The molecule has 3 rings (SSSR count). The monoisotopic (exact) mass is 317 g/mol. The minimum Gasteiger partial charge on any atom is -0.345 e. The van der Waals surface area contributed by atoms with Crippen molar-refractivity contribution in [2.24, 2.45) is 0 Å². The van der Waals surface area contributed by atoms with Gasteiger partial charge >= 0.3 is 0 Å². The smallest absolute Gasteiger partial charge is 0.243 e. The lowest BCUT2D eigenvalue weighted by Crippen LogP contribution is -2.56. The number of carbonyl (C=O) groups excluding carboxylic acids is 2. The van der Waals surface area contributed by atoms with Crippen molar-refractivity contribution in [3.8, 4) is 0 Å². The summed E-state index contributed by atoms with van der Waals surface area (Å²) in [6.45, 7) is 1.58. The number of pyridine rings is 1. The van der Waals surface area contributed by atoms with E-state index >= 15 is 0 Å². The van der Waals surface area contributed by atoms with Crippen LogP contribution in [0.2, 0.25) is 0 Å². The largest absolute Gasteiger partial charge is 0.345 e. The summed E-state index contributed by atoms with van der Waals surface area (Å²) < 4.78 is 1.67. The molecule has 0 radical (unpaired) electrons. The molecule has 0 aromatic carbocycles. The van der Waals surface area contributed by atoms with Gasteiger partial charge in [-0.25, -0.2) is 0 Å². The SMILES string of the molecule is O=C(Cn1ccc(=O)cc1)N1CCN(C2CCCCC2)C(=O)C1. The first kappa shape index (κ1) is 15.8. The van der Waals surface area contributed by atoms with E-state index < -0.39 is 0 Å². The molecule has 2 amide bonds. The molecule has 6 heteroatoms. The second-order valence-electron chi connectivity index (χ2n) is 6.40. The van der Waals surface area contributed by atoms with Crippen molar-refractivity contribution < 1.29 is 9.59 Å². The highest BCUT2D eigenvalue weighted by molar-refractivity contribution is 5.86. The number of amides is 2. The van der Waals surface area contributed by atoms with Crippen LogP contribution in [0.4, 0.5) is 0 Å². The quantitative estimate of drug-likeness (QED) is 0.830. The van der Waals surface area contributed by atoms with Crippen molar-refractivity contribution in [3.63, 3.8) is 0 Å². The molecule has 1 aliphatic carbocycles. The van der Waals surface area contributed by atoms with Crippen molar-refractivity contribution in [2.75, 3.05) is 19.6 Å². The molecule has 0 N–H and O–H groups in total. The zero-order valence-corrected chi connectivity index (χ0v) is 13.3. The lowest BCUT2D eigenvalue weighted by atomic mass is 9.93. The van der Waals surface area contributed by atoms with Gasteiger partial charge in [0.05, 0.1) is 6.54 Å². The minimum atomic E-state index is -0.0787. The normalized spacial score (nSPS) is 19.9. The van der Waals surface area contributed by atoms with Gasteiger partial charge in [0.15, 0.2) is 5.43 Å². The van der Waals surface area contributed by atoms with Gasteiger partial charge in [0, 0.05) is 43.7 Å². The molecular weight excluding hydrogens is 294 g/mol. The Bertz CT molecular complexity index is 614. The summed E-state index contributed by atoms with van der Waals surface area (Å²) in [7, 11) is 0. The van der Waals surface area contributed by atoms with Gasteiger partial charge in [0.1, 0.15) is 6.54 Å². The highest BCUT2D eigenvalue weighted by atomic mass is 16.2. The third-order valence-electron chi connectivity index (χ3n) is 4.80. The summed E-state index contributed by atoms with van der Waals surface area (Å²) in [6.07, 6.45) is 9.05. The standard InChI is InChI=1S/C17H23N3O3/c21-15-6-8-18(9-7-15)12-16(22)19-10-11-20(17(23)13-19)14-4-2-1-3-5-14/h6-9,14H,1-5,10-13H2. The fourth-order valence-corrected chi connectivity index (χ4v) is 3.48. The van der Waals surface area contributed by atoms with E-state index in [1.54, 1.807) is 21.9 Å². The van der Waals surface area contributed by atoms with Crippen LogP contribution in [0.3, 0.4) is 0 Å². The molecule has 124 valence electrons. The van der Waals surface area contributed by atoms with E-state index in [2.05, 4.69) is 0 Å². The maximum atomic E-state index is 12.4. The summed E-state index contributed by atoms with van der Waals surface area (Å²) in [5, 5.41) is 0. The van der Waals surface area contributed by atoms with E-state index in [9.17, 15) is 14.4 Å². The number of carbonyl (C=O) groups is 2. The van der Waals surface area contributed by atoms with E-state index in [1.165, 1.54) is 31.4 Å². The Morgan fingerprint density at radius 2 is 1.74 bits per heavy atom. The Morgan fingerprint density at radius 1 is 1.04 bits per heavy atom. The van der Waals surface area contributed by atoms with Crippen molar-refractivity contribution in [1.82, 2.24) is 14.4 Å². The lowest BCUT2D eigenvalue weighted by Gasteiger charge is -2.40. The van der Waals surface area contributed by atoms with Crippen molar-refractivity contribution >= 4 is 11.8 Å². The topological polar surface area (TPSA) is 62.6 Å². The molecule has 1 aliphatic heterocycles. The summed E-state index contributed by atoms with van der Waals surface area (Å²) in [4.78, 5) is 39.4. The third kappa shape index (κ3) is 3.81. The average molecular weight is 317 g/mol. The number of aromatic nitrogens is 1. The van der Waals surface area contributed by atoms with Crippen molar-refractivity contribution in [2.45, 2.75) is 44.7 Å². The first-order valence-electron chi connectivity index (χ1n) is 8.37. The molecule has 0 spiro atoms. The van der Waals surface area contributed by atoms with Crippen molar-refractivity contribution in [3.05, 3.63) is 34.7 Å². The van der Waals surface area contributed by atoms with Gasteiger partial charge in [0.25, 0.3) is 0 Å². The molecule has 2 heterocycles. The van der Waals surface area contributed by atoms with E-state index in [0.29, 0.717) is 19.1 Å². The van der Waals surface area contributed by atoms with Gasteiger partial charge in [-0.3, -0.25) is 14.4 Å². The van der Waals surface area contributed by atoms with Crippen LogP contribution < -0.4 is 5.43 Å². The molecule has 23 heavy (non-hydrogen) atoms. The van der Waals surface area contributed by atoms with Gasteiger partial charge in [0.2, 0.25) is 11.8 Å². The highest BCUT2D eigenvalue weighted by Gasteiger charge is 2.31. The summed E-state index contributed by atoms with van der Waals surface area (Å²) in [6, 6.07) is 3.23. The summed E-state index contributed by atoms with van der Waals surface area (Å²) in [5.41, 5.74) is -0.0787. The Hall–Kier alpha value is -2.11. The number of hydrogen-bond donors (Lipinski definition) is 0. The second kappa shape index (κ2) is 6.98. The molecule has 0 unspecified atom stereocenters. The zero-order valence-electron chi connectivity index (χ0n) is 13.3. The molecule has 6 nitrogen and oxygen atoms in total.